The minimum absolute atomic E-state index is 0.126. The number of carbonyl (C=O) groups excluding carboxylic acids is 1. The summed E-state index contributed by atoms with van der Waals surface area (Å²) in [7, 11) is 1.52. The normalized spacial score (nSPS) is 10.2. The molecule has 21 heavy (non-hydrogen) atoms. The Kier molecular flexibility index (Phi) is 4.69. The third-order valence-electron chi connectivity index (χ3n) is 2.66. The quantitative estimate of drug-likeness (QED) is 0.835. The van der Waals surface area contributed by atoms with E-state index in [0.29, 0.717) is 17.9 Å². The first-order valence-corrected chi connectivity index (χ1v) is 6.88. The molecule has 0 fully saturated rings. The lowest BCUT2D eigenvalue weighted by Gasteiger charge is -2.11. The smallest absolute Gasteiger partial charge is 0.270 e. The number of halogens is 1. The van der Waals surface area contributed by atoms with E-state index in [2.05, 4.69) is 43.2 Å². The fraction of sp³-hybridized carbons (Fsp3) is 0.231. The number of allylic oxidation sites excluding steroid dienone is 1. The van der Waals surface area contributed by atoms with Crippen LogP contribution in [0.4, 0.5) is 5.95 Å². The summed E-state index contributed by atoms with van der Waals surface area (Å²) in [6, 6.07) is 3.55. The van der Waals surface area contributed by atoms with Gasteiger partial charge in [0.2, 0.25) is 0 Å². The summed E-state index contributed by atoms with van der Waals surface area (Å²) >= 11 is 3.36. The van der Waals surface area contributed by atoms with Crippen molar-refractivity contribution >= 4 is 27.8 Å². The summed E-state index contributed by atoms with van der Waals surface area (Å²) in [4.78, 5) is 13.6. The number of nitrogens with zero attached hydrogens (tertiary/aromatic N) is 4. The highest BCUT2D eigenvalue weighted by Gasteiger charge is 2.17. The number of aryl methyl sites for hydroxylation is 1. The molecule has 2 aromatic rings. The maximum Gasteiger partial charge on any atom is 0.270 e. The monoisotopic (exact) mass is 351 g/mol. The zero-order valence-electron chi connectivity index (χ0n) is 11.6. The topological polar surface area (TPSA) is 81.9 Å². The second-order valence-electron chi connectivity index (χ2n) is 4.21. The van der Waals surface area contributed by atoms with Gasteiger partial charge in [-0.05, 0) is 29.8 Å². The van der Waals surface area contributed by atoms with Crippen LogP contribution >= 0.6 is 15.9 Å². The van der Waals surface area contributed by atoms with Gasteiger partial charge in [0, 0.05) is 4.47 Å². The SMILES string of the molecule is C=CCn1nnc(NC(=O)c2cc(Br)cc(C)c2OC)n1. The molecule has 1 aromatic heterocycles. The lowest BCUT2D eigenvalue weighted by molar-refractivity contribution is 0.102. The van der Waals surface area contributed by atoms with E-state index in [1.807, 2.05) is 13.0 Å². The van der Waals surface area contributed by atoms with Crippen molar-refractivity contribution < 1.29 is 9.53 Å². The molecule has 110 valence electrons. The molecule has 1 N–H and O–H groups in total. The molecule has 7 nitrogen and oxygen atoms in total. The number of carbonyl (C=O) groups is 1. The Bertz CT molecular complexity index is 683. The molecule has 1 amide bonds. The fourth-order valence-corrected chi connectivity index (χ4v) is 2.40. The molecule has 0 spiro atoms. The highest BCUT2D eigenvalue weighted by Crippen LogP contribution is 2.28. The van der Waals surface area contributed by atoms with E-state index >= 15 is 0 Å². The van der Waals surface area contributed by atoms with E-state index in [9.17, 15) is 4.79 Å². The molecule has 0 saturated heterocycles. The molecule has 0 aliphatic rings. The van der Waals surface area contributed by atoms with Crippen LogP contribution in [-0.2, 0) is 6.54 Å². The van der Waals surface area contributed by atoms with Crippen LogP contribution in [0.15, 0.2) is 29.3 Å². The van der Waals surface area contributed by atoms with Crippen LogP contribution in [0.2, 0.25) is 0 Å². The Labute approximate surface area is 130 Å². The van der Waals surface area contributed by atoms with E-state index in [0.717, 1.165) is 10.0 Å². The molecule has 0 aliphatic heterocycles. The van der Waals surface area contributed by atoms with Gasteiger partial charge < -0.3 is 4.74 Å². The van der Waals surface area contributed by atoms with Gasteiger partial charge >= 0.3 is 0 Å². The summed E-state index contributed by atoms with van der Waals surface area (Å²) in [6.07, 6.45) is 1.63. The Balaban J connectivity index is 2.25. The van der Waals surface area contributed by atoms with Crippen LogP contribution in [-0.4, -0.2) is 33.2 Å². The van der Waals surface area contributed by atoms with Crippen molar-refractivity contribution in [2.24, 2.45) is 0 Å². The first-order chi connectivity index (χ1) is 10.0. The number of nitrogens with one attached hydrogen (secondary N) is 1. The van der Waals surface area contributed by atoms with Gasteiger partial charge in [-0.25, -0.2) is 0 Å². The number of tetrazole rings is 1. The van der Waals surface area contributed by atoms with Crippen molar-refractivity contribution in [1.82, 2.24) is 20.2 Å². The number of amides is 1. The summed E-state index contributed by atoms with van der Waals surface area (Å²) in [5, 5.41) is 14.1. The lowest BCUT2D eigenvalue weighted by Crippen LogP contribution is -2.15. The summed E-state index contributed by atoms with van der Waals surface area (Å²) in [5.41, 5.74) is 1.24. The number of hydrogen-bond acceptors (Lipinski definition) is 5. The molecule has 0 aliphatic carbocycles. The first kappa shape index (κ1) is 15.2. The standard InChI is InChI=1S/C13H14BrN5O2/c1-4-5-19-17-13(16-18-19)15-12(20)10-7-9(14)6-8(2)11(10)21-3/h4,6-7H,1,5H2,2-3H3,(H,15,17,20). The fourth-order valence-electron chi connectivity index (χ4n) is 1.82. The van der Waals surface area contributed by atoms with Crippen molar-refractivity contribution in [3.63, 3.8) is 0 Å². The number of ether oxygens (including phenoxy) is 1. The minimum Gasteiger partial charge on any atom is -0.496 e. The number of aromatic nitrogens is 4. The van der Waals surface area contributed by atoms with Gasteiger partial charge in [0.25, 0.3) is 11.9 Å². The number of hydrogen-bond donors (Lipinski definition) is 1. The van der Waals surface area contributed by atoms with Gasteiger partial charge in [0.15, 0.2) is 0 Å². The maximum atomic E-state index is 12.3. The van der Waals surface area contributed by atoms with Crippen LogP contribution in [0, 0.1) is 6.92 Å². The van der Waals surface area contributed by atoms with Crippen LogP contribution in [0.25, 0.3) is 0 Å². The van der Waals surface area contributed by atoms with Crippen molar-refractivity contribution in [2.45, 2.75) is 13.5 Å². The second-order valence-corrected chi connectivity index (χ2v) is 5.13. The number of anilines is 1. The van der Waals surface area contributed by atoms with Crippen molar-refractivity contribution in [3.8, 4) is 5.75 Å². The van der Waals surface area contributed by atoms with Crippen LogP contribution in [0.1, 0.15) is 15.9 Å². The highest BCUT2D eigenvalue weighted by atomic mass is 79.9. The average molecular weight is 352 g/mol. The van der Waals surface area contributed by atoms with Gasteiger partial charge in [-0.1, -0.05) is 27.1 Å². The molecule has 0 bridgehead atoms. The molecule has 1 aromatic carbocycles. The van der Waals surface area contributed by atoms with Crippen LogP contribution in [0.5, 0.6) is 5.75 Å². The summed E-state index contributed by atoms with van der Waals surface area (Å²) in [6.45, 7) is 5.86. The van der Waals surface area contributed by atoms with Gasteiger partial charge in [0.1, 0.15) is 5.75 Å². The van der Waals surface area contributed by atoms with Crippen molar-refractivity contribution in [3.05, 3.63) is 40.4 Å². The van der Waals surface area contributed by atoms with Crippen LogP contribution in [0.3, 0.4) is 0 Å². The first-order valence-electron chi connectivity index (χ1n) is 6.09. The van der Waals surface area contributed by atoms with E-state index in [1.165, 1.54) is 11.9 Å². The Morgan fingerprint density at radius 1 is 1.57 bits per heavy atom. The van der Waals surface area contributed by atoms with Crippen molar-refractivity contribution in [1.29, 1.82) is 0 Å². The minimum atomic E-state index is -0.366. The third kappa shape index (κ3) is 3.46. The third-order valence-corrected chi connectivity index (χ3v) is 3.12. The number of methoxy groups -OCH3 is 1. The van der Waals surface area contributed by atoms with Gasteiger partial charge in [-0.2, -0.15) is 4.80 Å². The Morgan fingerprint density at radius 2 is 2.33 bits per heavy atom. The van der Waals surface area contributed by atoms with Gasteiger partial charge in [-0.3, -0.25) is 10.1 Å². The maximum absolute atomic E-state index is 12.3. The zero-order valence-corrected chi connectivity index (χ0v) is 13.2. The molecule has 8 heteroatoms. The lowest BCUT2D eigenvalue weighted by atomic mass is 10.1. The molecule has 0 atom stereocenters. The molecular weight excluding hydrogens is 338 g/mol. The van der Waals surface area contributed by atoms with Crippen molar-refractivity contribution in [2.75, 3.05) is 12.4 Å². The summed E-state index contributed by atoms with van der Waals surface area (Å²) in [5.74, 6) is 0.269. The molecule has 0 saturated carbocycles. The zero-order chi connectivity index (χ0) is 15.4. The van der Waals surface area contributed by atoms with Gasteiger partial charge in [-0.15, -0.1) is 11.7 Å². The number of rotatable bonds is 5. The van der Waals surface area contributed by atoms with Crippen LogP contribution < -0.4 is 10.1 Å². The molecule has 2 rings (SSSR count). The Hall–Kier alpha value is -2.22. The van der Waals surface area contributed by atoms with E-state index in [1.54, 1.807) is 12.1 Å². The average Bonchev–Trinajstić information content (AvgIpc) is 2.85. The molecule has 0 unspecified atom stereocenters. The van der Waals surface area contributed by atoms with Gasteiger partial charge in [0.05, 0.1) is 19.2 Å². The predicted octanol–water partition coefficient (Wildman–Crippen LogP) is 2.19. The van der Waals surface area contributed by atoms with E-state index in [4.69, 9.17) is 4.74 Å². The second kappa shape index (κ2) is 6.49. The summed E-state index contributed by atoms with van der Waals surface area (Å²) < 4.78 is 6.06. The molecule has 1 heterocycles. The largest absolute Gasteiger partial charge is 0.496 e. The Morgan fingerprint density at radius 3 is 3.00 bits per heavy atom. The molecule has 0 radical (unpaired) electrons. The van der Waals surface area contributed by atoms with E-state index in [-0.39, 0.29) is 11.9 Å². The number of benzene rings is 1. The van der Waals surface area contributed by atoms with E-state index < -0.39 is 0 Å². The highest BCUT2D eigenvalue weighted by molar-refractivity contribution is 9.10. The molecular formula is C13H14BrN5O2. The predicted molar refractivity (Wildman–Crippen MR) is 81.4 cm³/mol.